The molecule has 0 saturated heterocycles. The molecule has 102 valence electrons. The number of esters is 1. The van der Waals surface area contributed by atoms with Gasteiger partial charge in [-0.25, -0.2) is 9.18 Å². The van der Waals surface area contributed by atoms with Crippen molar-refractivity contribution in [3.8, 4) is 6.07 Å². The number of halogens is 1. The zero-order valence-corrected chi connectivity index (χ0v) is 11.5. The van der Waals surface area contributed by atoms with Gasteiger partial charge in [0.2, 0.25) is 0 Å². The minimum atomic E-state index is -0.601. The van der Waals surface area contributed by atoms with E-state index in [4.69, 9.17) is 10.00 Å². The van der Waals surface area contributed by atoms with Gasteiger partial charge in [-0.2, -0.15) is 5.26 Å². The third-order valence-electron chi connectivity index (χ3n) is 2.76. The minimum absolute atomic E-state index is 0.0748. The molecule has 19 heavy (non-hydrogen) atoms. The van der Waals surface area contributed by atoms with Crippen LogP contribution in [0.3, 0.4) is 0 Å². The molecule has 1 atom stereocenters. The molecule has 0 aliphatic heterocycles. The van der Waals surface area contributed by atoms with Crippen LogP contribution in [-0.4, -0.2) is 25.2 Å². The molecule has 1 rings (SSSR count). The molecule has 0 aliphatic carbocycles. The van der Waals surface area contributed by atoms with Crippen LogP contribution in [0.5, 0.6) is 0 Å². The summed E-state index contributed by atoms with van der Waals surface area (Å²) in [6.45, 7) is 5.16. The lowest BCUT2D eigenvalue weighted by atomic mass is 10.1. The molecule has 0 bridgehead atoms. The first-order valence-corrected chi connectivity index (χ1v) is 6.00. The van der Waals surface area contributed by atoms with Gasteiger partial charge in [0, 0.05) is 7.05 Å². The fourth-order valence-corrected chi connectivity index (χ4v) is 1.61. The SMILES string of the molecule is CC(C)OC(=O)C(C)N(C)c1cccc(F)c1C#N. The summed E-state index contributed by atoms with van der Waals surface area (Å²) in [5.74, 6) is -1.01. The van der Waals surface area contributed by atoms with E-state index >= 15 is 0 Å². The number of nitriles is 1. The van der Waals surface area contributed by atoms with Crippen molar-refractivity contribution < 1.29 is 13.9 Å². The number of nitrogens with zero attached hydrogens (tertiary/aromatic N) is 2. The molecule has 0 heterocycles. The van der Waals surface area contributed by atoms with Crippen molar-refractivity contribution in [1.29, 1.82) is 5.26 Å². The summed E-state index contributed by atoms with van der Waals surface area (Å²) < 4.78 is 18.6. The molecule has 1 aromatic carbocycles. The number of rotatable bonds is 4. The average Bonchev–Trinajstić information content (AvgIpc) is 2.35. The van der Waals surface area contributed by atoms with Crippen molar-refractivity contribution in [1.82, 2.24) is 0 Å². The number of hydrogen-bond donors (Lipinski definition) is 0. The van der Waals surface area contributed by atoms with Gasteiger partial charge in [0.05, 0.1) is 11.8 Å². The van der Waals surface area contributed by atoms with Gasteiger partial charge in [-0.3, -0.25) is 0 Å². The summed E-state index contributed by atoms with van der Waals surface area (Å²) in [4.78, 5) is 13.3. The molecule has 0 N–H and O–H groups in total. The van der Waals surface area contributed by atoms with Crippen LogP contribution >= 0.6 is 0 Å². The number of carbonyl (C=O) groups excluding carboxylic acids is 1. The summed E-state index contributed by atoms with van der Waals surface area (Å²) in [6, 6.07) is 5.53. The Balaban J connectivity index is 3.01. The van der Waals surface area contributed by atoms with Crippen molar-refractivity contribution in [2.75, 3.05) is 11.9 Å². The summed E-state index contributed by atoms with van der Waals surface area (Å²) in [7, 11) is 1.63. The fourth-order valence-electron chi connectivity index (χ4n) is 1.61. The van der Waals surface area contributed by atoms with Crippen LogP contribution in [-0.2, 0) is 9.53 Å². The van der Waals surface area contributed by atoms with Gasteiger partial charge in [-0.15, -0.1) is 0 Å². The van der Waals surface area contributed by atoms with Crippen LogP contribution in [0.15, 0.2) is 18.2 Å². The molecule has 4 nitrogen and oxygen atoms in total. The zero-order chi connectivity index (χ0) is 14.6. The lowest BCUT2D eigenvalue weighted by molar-refractivity contribution is -0.148. The van der Waals surface area contributed by atoms with Crippen LogP contribution in [0.25, 0.3) is 0 Å². The molecule has 0 aromatic heterocycles. The van der Waals surface area contributed by atoms with Crippen LogP contribution < -0.4 is 4.90 Å². The van der Waals surface area contributed by atoms with Crippen molar-refractivity contribution in [2.24, 2.45) is 0 Å². The van der Waals surface area contributed by atoms with E-state index in [1.54, 1.807) is 33.9 Å². The second-order valence-corrected chi connectivity index (χ2v) is 4.52. The number of carbonyl (C=O) groups is 1. The van der Waals surface area contributed by atoms with Gasteiger partial charge in [-0.1, -0.05) is 6.07 Å². The van der Waals surface area contributed by atoms with Gasteiger partial charge < -0.3 is 9.64 Å². The first-order valence-electron chi connectivity index (χ1n) is 6.00. The molecule has 0 radical (unpaired) electrons. The molecule has 0 spiro atoms. The smallest absolute Gasteiger partial charge is 0.328 e. The topological polar surface area (TPSA) is 53.3 Å². The van der Waals surface area contributed by atoms with E-state index in [0.29, 0.717) is 5.69 Å². The van der Waals surface area contributed by atoms with E-state index in [1.165, 1.54) is 17.0 Å². The first-order chi connectivity index (χ1) is 8.88. The molecular formula is C14H17FN2O2. The van der Waals surface area contributed by atoms with Gasteiger partial charge in [0.1, 0.15) is 23.5 Å². The van der Waals surface area contributed by atoms with Crippen molar-refractivity contribution in [3.63, 3.8) is 0 Å². The van der Waals surface area contributed by atoms with Crippen LogP contribution in [0.2, 0.25) is 0 Å². The quantitative estimate of drug-likeness (QED) is 0.784. The van der Waals surface area contributed by atoms with E-state index in [-0.39, 0.29) is 11.7 Å². The van der Waals surface area contributed by atoms with E-state index < -0.39 is 17.8 Å². The first kappa shape index (κ1) is 15.0. The summed E-state index contributed by atoms with van der Waals surface area (Å²) in [6.07, 6.45) is -0.216. The normalized spacial score (nSPS) is 11.8. The second-order valence-electron chi connectivity index (χ2n) is 4.52. The maximum absolute atomic E-state index is 13.5. The lowest BCUT2D eigenvalue weighted by Crippen LogP contribution is -2.38. The van der Waals surface area contributed by atoms with Crippen molar-refractivity contribution >= 4 is 11.7 Å². The van der Waals surface area contributed by atoms with Gasteiger partial charge in [0.15, 0.2) is 0 Å². The highest BCUT2D eigenvalue weighted by molar-refractivity contribution is 5.80. The van der Waals surface area contributed by atoms with Gasteiger partial charge in [0.25, 0.3) is 0 Å². The Morgan fingerprint density at radius 1 is 1.42 bits per heavy atom. The molecule has 0 amide bonds. The largest absolute Gasteiger partial charge is 0.461 e. The second kappa shape index (κ2) is 6.19. The number of anilines is 1. The lowest BCUT2D eigenvalue weighted by Gasteiger charge is -2.27. The predicted octanol–water partition coefficient (Wildman–Crippen LogP) is 2.47. The predicted molar refractivity (Wildman–Crippen MR) is 70.2 cm³/mol. The minimum Gasteiger partial charge on any atom is -0.461 e. The summed E-state index contributed by atoms with van der Waals surface area (Å²) in [5, 5.41) is 8.98. The third kappa shape index (κ3) is 3.44. The van der Waals surface area contributed by atoms with E-state index in [1.807, 2.05) is 6.07 Å². The highest BCUT2D eigenvalue weighted by Gasteiger charge is 2.23. The van der Waals surface area contributed by atoms with Crippen LogP contribution in [0.4, 0.5) is 10.1 Å². The van der Waals surface area contributed by atoms with Crippen LogP contribution in [0.1, 0.15) is 26.3 Å². The Hall–Kier alpha value is -2.09. The van der Waals surface area contributed by atoms with E-state index in [9.17, 15) is 9.18 Å². The monoisotopic (exact) mass is 264 g/mol. The maximum Gasteiger partial charge on any atom is 0.328 e. The Kier molecular flexibility index (Phi) is 4.87. The van der Waals surface area contributed by atoms with Gasteiger partial charge in [-0.05, 0) is 32.9 Å². The summed E-state index contributed by atoms with van der Waals surface area (Å²) >= 11 is 0. The highest BCUT2D eigenvalue weighted by Crippen LogP contribution is 2.23. The number of benzene rings is 1. The molecule has 5 heteroatoms. The Morgan fingerprint density at radius 3 is 2.58 bits per heavy atom. The van der Waals surface area contributed by atoms with E-state index in [0.717, 1.165) is 0 Å². The molecule has 1 aromatic rings. The molecule has 1 unspecified atom stereocenters. The van der Waals surface area contributed by atoms with Gasteiger partial charge >= 0.3 is 5.97 Å². The molecule has 0 saturated carbocycles. The number of likely N-dealkylation sites (N-methyl/N-ethyl adjacent to an activating group) is 1. The fraction of sp³-hybridized carbons (Fsp3) is 0.429. The maximum atomic E-state index is 13.5. The standard InChI is InChI=1S/C14H17FN2O2/c1-9(2)19-14(18)10(3)17(4)13-7-5-6-12(15)11(13)8-16/h5-7,9-10H,1-4H3. The Morgan fingerprint density at radius 2 is 2.05 bits per heavy atom. The van der Waals surface area contributed by atoms with Crippen molar-refractivity contribution in [3.05, 3.63) is 29.6 Å². The Bertz CT molecular complexity index is 509. The third-order valence-corrected chi connectivity index (χ3v) is 2.76. The van der Waals surface area contributed by atoms with Crippen molar-refractivity contribution in [2.45, 2.75) is 32.9 Å². The number of hydrogen-bond acceptors (Lipinski definition) is 4. The average molecular weight is 264 g/mol. The molecular weight excluding hydrogens is 247 g/mol. The molecule has 0 fully saturated rings. The summed E-state index contributed by atoms with van der Waals surface area (Å²) in [5.41, 5.74) is 0.296. The van der Waals surface area contributed by atoms with Crippen LogP contribution in [0, 0.1) is 17.1 Å². The Labute approximate surface area is 112 Å². The highest BCUT2D eigenvalue weighted by atomic mass is 19.1. The van der Waals surface area contributed by atoms with E-state index in [2.05, 4.69) is 0 Å². The zero-order valence-electron chi connectivity index (χ0n) is 11.5. The number of ether oxygens (including phenoxy) is 1. The molecule has 0 aliphatic rings.